The average molecular weight is 439 g/mol. The van der Waals surface area contributed by atoms with E-state index in [1.54, 1.807) is 0 Å². The highest BCUT2D eigenvalue weighted by Gasteiger charge is 2.30. The molecule has 2 rings (SSSR count). The lowest BCUT2D eigenvalue weighted by Crippen LogP contribution is -2.12. The fourth-order valence-corrected chi connectivity index (χ4v) is 2.52. The first-order valence-electron chi connectivity index (χ1n) is 8.76. The smallest absolute Gasteiger partial charge is 0.416 e. The molecule has 0 fully saturated rings. The molecule has 0 atom stereocenters. The van der Waals surface area contributed by atoms with E-state index in [9.17, 15) is 37.7 Å². The molecule has 0 bridgehead atoms. The molecule has 0 aliphatic heterocycles. The van der Waals surface area contributed by atoms with Gasteiger partial charge in [0.05, 0.1) is 23.2 Å². The Hall–Kier alpha value is -3.76. The number of Topliss-reactive ketones (excluding diaryl/α,β-unsaturated/α-hetero) is 2. The van der Waals surface area contributed by atoms with Crippen LogP contribution in [0.1, 0.15) is 35.2 Å². The quantitative estimate of drug-likeness (QED) is 0.186. The molecule has 0 spiro atoms. The van der Waals surface area contributed by atoms with E-state index in [1.165, 1.54) is 6.07 Å². The van der Waals surface area contributed by atoms with Crippen LogP contribution < -0.4 is 4.74 Å². The maximum atomic E-state index is 12.6. The Morgan fingerprint density at radius 3 is 2.16 bits per heavy atom. The molecule has 0 heterocycles. The van der Waals surface area contributed by atoms with Gasteiger partial charge in [0, 0.05) is 18.9 Å². The van der Waals surface area contributed by atoms with Gasteiger partial charge in [0.2, 0.25) is 0 Å². The summed E-state index contributed by atoms with van der Waals surface area (Å²) < 4.78 is 47.7. The van der Waals surface area contributed by atoms with E-state index in [2.05, 4.69) is 4.74 Å². The van der Waals surface area contributed by atoms with E-state index in [4.69, 9.17) is 4.74 Å². The van der Waals surface area contributed by atoms with E-state index in [-0.39, 0.29) is 29.9 Å². The second kappa shape index (κ2) is 9.83. The number of hydrogen-bond acceptors (Lipinski definition) is 7. The van der Waals surface area contributed by atoms with Gasteiger partial charge in [-0.05, 0) is 36.4 Å². The third kappa shape index (κ3) is 6.63. The van der Waals surface area contributed by atoms with E-state index >= 15 is 0 Å². The Morgan fingerprint density at radius 2 is 1.61 bits per heavy atom. The van der Waals surface area contributed by atoms with Gasteiger partial charge in [-0.3, -0.25) is 24.5 Å². The zero-order valence-corrected chi connectivity index (χ0v) is 16.1. The summed E-state index contributed by atoms with van der Waals surface area (Å²) in [6.45, 7) is 0. The first-order valence-corrected chi connectivity index (χ1v) is 8.76. The molecular weight excluding hydrogens is 423 g/mol. The molecule has 0 aromatic heterocycles. The Bertz CT molecular complexity index is 1000. The summed E-state index contributed by atoms with van der Waals surface area (Å²) >= 11 is 0. The van der Waals surface area contributed by atoms with Gasteiger partial charge < -0.3 is 9.47 Å². The fraction of sp³-hybridized carbons (Fsp3) is 0.250. The highest BCUT2D eigenvalue weighted by Crippen LogP contribution is 2.32. The number of nitro groups is 1. The molecular formula is C20H16F3NO7. The van der Waals surface area contributed by atoms with Crippen molar-refractivity contribution in [3.8, 4) is 11.5 Å². The number of carbonyl (C=O) groups is 3. The monoisotopic (exact) mass is 439 g/mol. The minimum Gasteiger partial charge on any atom is -0.469 e. The van der Waals surface area contributed by atoms with Crippen LogP contribution in [0.2, 0.25) is 0 Å². The van der Waals surface area contributed by atoms with Crippen molar-refractivity contribution < 1.29 is 42.0 Å². The lowest BCUT2D eigenvalue weighted by molar-refractivity contribution is -0.385. The number of carbonyl (C=O) groups excluding carboxylic acids is 3. The normalized spacial score (nSPS) is 11.0. The summed E-state index contributed by atoms with van der Waals surface area (Å²) in [7, 11) is 1.10. The molecule has 0 amide bonds. The number of nitrogens with zero attached hydrogens (tertiary/aromatic N) is 1. The number of ketones is 2. The molecule has 0 unspecified atom stereocenters. The molecule has 2 aromatic carbocycles. The van der Waals surface area contributed by atoms with Crippen molar-refractivity contribution in [3.05, 3.63) is 63.7 Å². The predicted molar refractivity (Wildman–Crippen MR) is 99.8 cm³/mol. The van der Waals surface area contributed by atoms with Crippen LogP contribution in [0, 0.1) is 10.1 Å². The molecule has 2 aromatic rings. The lowest BCUT2D eigenvalue weighted by Gasteiger charge is -2.10. The third-order valence-corrected chi connectivity index (χ3v) is 4.08. The summed E-state index contributed by atoms with van der Waals surface area (Å²) in [6, 6.07) is 7.02. The first-order chi connectivity index (χ1) is 14.5. The predicted octanol–water partition coefficient (Wildman–Crippen LogP) is 4.50. The third-order valence-electron chi connectivity index (χ3n) is 4.08. The Balaban J connectivity index is 2.18. The fourth-order valence-electron chi connectivity index (χ4n) is 2.52. The van der Waals surface area contributed by atoms with E-state index in [0.29, 0.717) is 0 Å². The number of rotatable bonds is 9. The molecule has 31 heavy (non-hydrogen) atoms. The molecule has 0 saturated carbocycles. The van der Waals surface area contributed by atoms with Crippen molar-refractivity contribution in [1.82, 2.24) is 0 Å². The molecule has 0 saturated heterocycles. The van der Waals surface area contributed by atoms with E-state index in [1.807, 2.05) is 0 Å². The van der Waals surface area contributed by atoms with Crippen LogP contribution in [0.25, 0.3) is 0 Å². The maximum absolute atomic E-state index is 12.6. The maximum Gasteiger partial charge on any atom is 0.416 e. The van der Waals surface area contributed by atoms with Gasteiger partial charge in [-0.15, -0.1) is 0 Å². The van der Waals surface area contributed by atoms with Crippen molar-refractivity contribution >= 4 is 23.2 Å². The lowest BCUT2D eigenvalue weighted by atomic mass is 10.0. The van der Waals surface area contributed by atoms with E-state index in [0.717, 1.165) is 43.5 Å². The minimum absolute atomic E-state index is 0.0189. The Kier molecular flexibility index (Phi) is 7.46. The van der Waals surface area contributed by atoms with Crippen molar-refractivity contribution in [1.29, 1.82) is 0 Å². The first kappa shape index (κ1) is 23.5. The van der Waals surface area contributed by atoms with Crippen LogP contribution in [-0.2, 0) is 20.5 Å². The number of alkyl halides is 3. The standard InChI is InChI=1S/C20H16F3NO7/c1-30-19(27)10-13(25)4-9-18(26)16-11-15(7-8-17(16)24(28)29)31-14-5-2-12(3-6-14)20(21,22)23/h2-3,5-8,11H,4,9-10H2,1H3. The molecule has 0 aliphatic carbocycles. The van der Waals surface area contributed by atoms with Crippen LogP contribution in [0.4, 0.5) is 18.9 Å². The van der Waals surface area contributed by atoms with Gasteiger partial charge in [0.25, 0.3) is 5.69 Å². The van der Waals surface area contributed by atoms with Crippen molar-refractivity contribution in [2.24, 2.45) is 0 Å². The highest BCUT2D eigenvalue weighted by molar-refractivity contribution is 6.03. The summed E-state index contributed by atoms with van der Waals surface area (Å²) in [5, 5.41) is 11.2. The van der Waals surface area contributed by atoms with Gasteiger partial charge in [-0.2, -0.15) is 13.2 Å². The summed E-state index contributed by atoms with van der Waals surface area (Å²) in [5.74, 6) is -2.07. The minimum atomic E-state index is -4.52. The summed E-state index contributed by atoms with van der Waals surface area (Å²) in [4.78, 5) is 45.6. The zero-order valence-electron chi connectivity index (χ0n) is 16.1. The second-order valence-electron chi connectivity index (χ2n) is 6.28. The molecule has 0 aliphatic rings. The largest absolute Gasteiger partial charge is 0.469 e. The number of halogens is 3. The van der Waals surface area contributed by atoms with Gasteiger partial charge in [-0.25, -0.2) is 0 Å². The van der Waals surface area contributed by atoms with Crippen LogP contribution >= 0.6 is 0 Å². The number of esters is 1. The van der Waals surface area contributed by atoms with Gasteiger partial charge >= 0.3 is 12.1 Å². The van der Waals surface area contributed by atoms with Gasteiger partial charge in [0.15, 0.2) is 5.78 Å². The van der Waals surface area contributed by atoms with Gasteiger partial charge in [0.1, 0.15) is 23.7 Å². The van der Waals surface area contributed by atoms with Crippen molar-refractivity contribution in [2.75, 3.05) is 7.11 Å². The van der Waals surface area contributed by atoms with Crippen LogP contribution in [0.3, 0.4) is 0 Å². The molecule has 0 radical (unpaired) electrons. The highest BCUT2D eigenvalue weighted by atomic mass is 19.4. The molecule has 8 nitrogen and oxygen atoms in total. The Morgan fingerprint density at radius 1 is 1.00 bits per heavy atom. The summed E-state index contributed by atoms with van der Waals surface area (Å²) in [6.07, 6.45) is -5.75. The van der Waals surface area contributed by atoms with Crippen LogP contribution in [0.5, 0.6) is 11.5 Å². The second-order valence-corrected chi connectivity index (χ2v) is 6.28. The van der Waals surface area contributed by atoms with E-state index < -0.39 is 46.3 Å². The molecule has 0 N–H and O–H groups in total. The number of nitro benzene ring substituents is 1. The Labute approximate surface area is 173 Å². The van der Waals surface area contributed by atoms with Gasteiger partial charge in [-0.1, -0.05) is 0 Å². The number of benzene rings is 2. The topological polar surface area (TPSA) is 113 Å². The van der Waals surface area contributed by atoms with Crippen molar-refractivity contribution in [3.63, 3.8) is 0 Å². The van der Waals surface area contributed by atoms with Crippen molar-refractivity contribution in [2.45, 2.75) is 25.4 Å². The molecule has 164 valence electrons. The van der Waals surface area contributed by atoms with Crippen LogP contribution in [0.15, 0.2) is 42.5 Å². The zero-order chi connectivity index (χ0) is 23.2. The average Bonchev–Trinajstić information content (AvgIpc) is 2.71. The molecule has 11 heteroatoms. The summed E-state index contributed by atoms with van der Waals surface area (Å²) in [5.41, 5.74) is -1.73. The number of methoxy groups -OCH3 is 1. The number of hydrogen-bond donors (Lipinski definition) is 0. The number of ether oxygens (including phenoxy) is 2. The van der Waals surface area contributed by atoms with Crippen LogP contribution in [-0.4, -0.2) is 29.6 Å². The SMILES string of the molecule is COC(=O)CC(=O)CCC(=O)c1cc(Oc2ccc(C(F)(F)F)cc2)ccc1[N+](=O)[O-].